The molecule has 0 saturated heterocycles. The predicted octanol–water partition coefficient (Wildman–Crippen LogP) is 3.05. The Labute approximate surface area is 187 Å². The van der Waals surface area contributed by atoms with Crippen molar-refractivity contribution in [3.8, 4) is 0 Å². The summed E-state index contributed by atoms with van der Waals surface area (Å²) in [7, 11) is 0. The van der Waals surface area contributed by atoms with Crippen LogP contribution in [0, 0.1) is 5.92 Å². The number of carbonyl (C=O) groups excluding carboxylic acids is 2. The quantitative estimate of drug-likeness (QED) is 0.392. The summed E-state index contributed by atoms with van der Waals surface area (Å²) >= 11 is 0. The molecule has 4 N–H and O–H groups in total. The van der Waals surface area contributed by atoms with Gasteiger partial charge in [-0.05, 0) is 29.5 Å². The summed E-state index contributed by atoms with van der Waals surface area (Å²) < 4.78 is 0. The molecule has 0 unspecified atom stereocenters. The predicted molar refractivity (Wildman–Crippen MR) is 123 cm³/mol. The second-order valence-corrected chi connectivity index (χ2v) is 8.38. The van der Waals surface area contributed by atoms with E-state index in [1.165, 1.54) is 0 Å². The SMILES string of the molecule is CC(C)C[C@H](NC(=O)Cc1ccccc1)C(=O)N[C@@H](Cc1c[nH]c2ccccc12)C(=O)O. The first kappa shape index (κ1) is 23.1. The summed E-state index contributed by atoms with van der Waals surface area (Å²) in [5.41, 5.74) is 2.56. The molecule has 0 aliphatic carbocycles. The fraction of sp³-hybridized carbons (Fsp3) is 0.320. The van der Waals surface area contributed by atoms with Crippen molar-refractivity contribution in [2.75, 3.05) is 0 Å². The molecule has 2 aromatic carbocycles. The molecule has 0 bridgehead atoms. The number of carboxylic acids is 1. The third-order valence-electron chi connectivity index (χ3n) is 5.28. The molecular formula is C25H29N3O4. The number of carbonyl (C=O) groups is 3. The Hall–Kier alpha value is -3.61. The van der Waals surface area contributed by atoms with Gasteiger partial charge in [-0.25, -0.2) is 4.79 Å². The molecule has 0 saturated carbocycles. The number of fused-ring (bicyclic) bond motifs is 1. The third-order valence-corrected chi connectivity index (χ3v) is 5.28. The lowest BCUT2D eigenvalue weighted by atomic mass is 10.0. The maximum absolute atomic E-state index is 13.0. The molecular weight excluding hydrogens is 406 g/mol. The summed E-state index contributed by atoms with van der Waals surface area (Å²) in [4.78, 5) is 40.5. The maximum Gasteiger partial charge on any atom is 0.326 e. The van der Waals surface area contributed by atoms with Crippen molar-refractivity contribution in [2.45, 2.75) is 45.2 Å². The van der Waals surface area contributed by atoms with Crippen LogP contribution in [-0.2, 0) is 27.2 Å². The molecule has 0 aliphatic rings. The molecule has 3 aromatic rings. The average molecular weight is 436 g/mol. The number of H-pyrrole nitrogens is 1. The topological polar surface area (TPSA) is 111 Å². The molecule has 2 amide bonds. The number of rotatable bonds is 10. The van der Waals surface area contributed by atoms with Gasteiger partial charge in [0, 0.05) is 23.5 Å². The monoisotopic (exact) mass is 435 g/mol. The highest BCUT2D eigenvalue weighted by Crippen LogP contribution is 2.19. The standard InChI is InChI=1S/C25H29N3O4/c1-16(2)12-21(27-23(29)13-17-8-4-3-5-9-17)24(30)28-22(25(31)32)14-18-15-26-20-11-7-6-10-19(18)20/h3-11,15-16,21-22,26H,12-14H2,1-2H3,(H,27,29)(H,28,30)(H,31,32)/t21-,22-/m0/s1. The second-order valence-electron chi connectivity index (χ2n) is 8.38. The Bertz CT molecular complexity index is 1070. The first-order chi connectivity index (χ1) is 15.3. The van der Waals surface area contributed by atoms with Gasteiger partial charge in [0.2, 0.25) is 11.8 Å². The molecule has 0 aliphatic heterocycles. The number of aliphatic carboxylic acids is 1. The lowest BCUT2D eigenvalue weighted by Gasteiger charge is -2.23. The molecule has 2 atom stereocenters. The highest BCUT2D eigenvalue weighted by molar-refractivity contribution is 5.91. The van der Waals surface area contributed by atoms with Crippen molar-refractivity contribution in [1.29, 1.82) is 0 Å². The minimum atomic E-state index is -1.12. The molecule has 1 aromatic heterocycles. The highest BCUT2D eigenvalue weighted by atomic mass is 16.4. The highest BCUT2D eigenvalue weighted by Gasteiger charge is 2.28. The normalized spacial score (nSPS) is 13.0. The van der Waals surface area contributed by atoms with E-state index in [-0.39, 0.29) is 24.7 Å². The Morgan fingerprint density at radius 3 is 2.31 bits per heavy atom. The number of amides is 2. The van der Waals surface area contributed by atoms with Gasteiger partial charge in [-0.1, -0.05) is 62.4 Å². The summed E-state index contributed by atoms with van der Waals surface area (Å²) in [6, 6.07) is 14.9. The molecule has 7 heteroatoms. The van der Waals surface area contributed by atoms with E-state index >= 15 is 0 Å². The maximum atomic E-state index is 13.0. The summed E-state index contributed by atoms with van der Waals surface area (Å²) in [5.74, 6) is -1.75. The lowest BCUT2D eigenvalue weighted by molar-refractivity contribution is -0.142. The van der Waals surface area contributed by atoms with Crippen LogP contribution in [0.3, 0.4) is 0 Å². The number of carboxylic acid groups (broad SMARTS) is 1. The Balaban J connectivity index is 1.69. The molecule has 32 heavy (non-hydrogen) atoms. The van der Waals surface area contributed by atoms with Crippen molar-refractivity contribution < 1.29 is 19.5 Å². The number of aromatic nitrogens is 1. The number of nitrogens with one attached hydrogen (secondary N) is 3. The zero-order valence-corrected chi connectivity index (χ0v) is 18.3. The van der Waals surface area contributed by atoms with Gasteiger partial charge < -0.3 is 20.7 Å². The van der Waals surface area contributed by atoms with E-state index in [0.717, 1.165) is 22.0 Å². The zero-order valence-electron chi connectivity index (χ0n) is 18.3. The van der Waals surface area contributed by atoms with Gasteiger partial charge in [0.25, 0.3) is 0 Å². The summed E-state index contributed by atoms with van der Waals surface area (Å²) in [6.07, 6.45) is 2.46. The van der Waals surface area contributed by atoms with Gasteiger partial charge in [-0.2, -0.15) is 0 Å². The number of hydrogen-bond acceptors (Lipinski definition) is 3. The van der Waals surface area contributed by atoms with Crippen LogP contribution < -0.4 is 10.6 Å². The molecule has 1 heterocycles. The van der Waals surface area contributed by atoms with Crippen molar-refractivity contribution in [3.63, 3.8) is 0 Å². The van der Waals surface area contributed by atoms with Crippen LogP contribution in [0.1, 0.15) is 31.4 Å². The number of hydrogen-bond donors (Lipinski definition) is 4. The van der Waals surface area contributed by atoms with Gasteiger partial charge in [0.05, 0.1) is 6.42 Å². The molecule has 168 valence electrons. The van der Waals surface area contributed by atoms with E-state index < -0.39 is 24.0 Å². The molecule has 0 fully saturated rings. The minimum absolute atomic E-state index is 0.136. The van der Waals surface area contributed by atoms with Crippen molar-refractivity contribution in [3.05, 3.63) is 71.9 Å². The summed E-state index contributed by atoms with van der Waals surface area (Å²) in [6.45, 7) is 3.90. The lowest BCUT2D eigenvalue weighted by Crippen LogP contribution is -2.52. The van der Waals surface area contributed by atoms with Crippen LogP contribution in [0.5, 0.6) is 0 Å². The fourth-order valence-electron chi connectivity index (χ4n) is 3.72. The van der Waals surface area contributed by atoms with Crippen LogP contribution in [0.4, 0.5) is 0 Å². The van der Waals surface area contributed by atoms with Crippen LogP contribution in [0.25, 0.3) is 10.9 Å². The van der Waals surface area contributed by atoms with E-state index in [9.17, 15) is 19.5 Å². The van der Waals surface area contributed by atoms with Crippen LogP contribution >= 0.6 is 0 Å². The van der Waals surface area contributed by atoms with E-state index in [4.69, 9.17) is 0 Å². The largest absolute Gasteiger partial charge is 0.480 e. The van der Waals surface area contributed by atoms with Crippen molar-refractivity contribution in [2.24, 2.45) is 5.92 Å². The van der Waals surface area contributed by atoms with Crippen LogP contribution in [-0.4, -0.2) is 40.0 Å². The van der Waals surface area contributed by atoms with Gasteiger partial charge >= 0.3 is 5.97 Å². The van der Waals surface area contributed by atoms with Crippen molar-refractivity contribution >= 4 is 28.7 Å². The number of para-hydroxylation sites is 1. The Morgan fingerprint density at radius 2 is 1.62 bits per heavy atom. The molecule has 3 rings (SSSR count). The number of benzene rings is 2. The van der Waals surface area contributed by atoms with E-state index in [1.54, 1.807) is 6.20 Å². The molecule has 7 nitrogen and oxygen atoms in total. The Kier molecular flexibility index (Phi) is 7.65. The smallest absolute Gasteiger partial charge is 0.326 e. The fourth-order valence-corrected chi connectivity index (χ4v) is 3.72. The third kappa shape index (κ3) is 6.20. The summed E-state index contributed by atoms with van der Waals surface area (Å²) in [5, 5.41) is 16.0. The van der Waals surface area contributed by atoms with E-state index in [0.29, 0.717) is 6.42 Å². The first-order valence-electron chi connectivity index (χ1n) is 10.7. The van der Waals surface area contributed by atoms with Gasteiger partial charge in [-0.3, -0.25) is 9.59 Å². The second kappa shape index (κ2) is 10.6. The van der Waals surface area contributed by atoms with Crippen LogP contribution in [0.15, 0.2) is 60.8 Å². The minimum Gasteiger partial charge on any atom is -0.480 e. The van der Waals surface area contributed by atoms with Gasteiger partial charge in [0.15, 0.2) is 0 Å². The van der Waals surface area contributed by atoms with Gasteiger partial charge in [-0.15, -0.1) is 0 Å². The van der Waals surface area contributed by atoms with Crippen molar-refractivity contribution in [1.82, 2.24) is 15.6 Å². The average Bonchev–Trinajstić information content (AvgIpc) is 3.16. The van der Waals surface area contributed by atoms with E-state index in [1.807, 2.05) is 68.4 Å². The zero-order chi connectivity index (χ0) is 23.1. The van der Waals surface area contributed by atoms with E-state index in [2.05, 4.69) is 15.6 Å². The number of aromatic amines is 1. The molecule has 0 spiro atoms. The van der Waals surface area contributed by atoms with Crippen LogP contribution in [0.2, 0.25) is 0 Å². The molecule has 0 radical (unpaired) electrons. The van der Waals surface area contributed by atoms with Gasteiger partial charge in [0.1, 0.15) is 12.1 Å². The Morgan fingerprint density at radius 1 is 0.938 bits per heavy atom. The first-order valence-corrected chi connectivity index (χ1v) is 10.7.